The Balaban J connectivity index is 1.11. The van der Waals surface area contributed by atoms with Gasteiger partial charge in [0.25, 0.3) is 0 Å². The van der Waals surface area contributed by atoms with E-state index in [9.17, 15) is 0 Å². The Bertz CT molecular complexity index is 3860. The van der Waals surface area contributed by atoms with E-state index in [1.807, 2.05) is 0 Å². The Morgan fingerprint density at radius 2 is 1.03 bits per heavy atom. The van der Waals surface area contributed by atoms with Crippen molar-refractivity contribution in [2.75, 3.05) is 0 Å². The van der Waals surface area contributed by atoms with Crippen LogP contribution in [0.5, 0.6) is 0 Å². The van der Waals surface area contributed by atoms with Gasteiger partial charge in [-0.15, -0.1) is 11.3 Å². The zero-order valence-electron chi connectivity index (χ0n) is 32.8. The van der Waals surface area contributed by atoms with Crippen molar-refractivity contribution < 1.29 is 0 Å². The van der Waals surface area contributed by atoms with Gasteiger partial charge in [0.05, 0.1) is 27.8 Å². The molecule has 4 aromatic heterocycles. The maximum Gasteiger partial charge on any atom is 0.236 e. The van der Waals surface area contributed by atoms with Crippen molar-refractivity contribution >= 4 is 86.7 Å². The van der Waals surface area contributed by atoms with Crippen LogP contribution in [0.25, 0.3) is 120 Å². The smallest absolute Gasteiger partial charge is 0.236 e. The summed E-state index contributed by atoms with van der Waals surface area (Å²) in [6, 6.07) is 74.4. The first kappa shape index (κ1) is 34.0. The number of aromatic nitrogens is 4. The number of thiophene rings is 1. The van der Waals surface area contributed by atoms with Crippen molar-refractivity contribution in [2.45, 2.75) is 0 Å². The Labute approximate surface area is 354 Å². The Morgan fingerprint density at radius 1 is 0.377 bits per heavy atom. The second kappa shape index (κ2) is 13.3. The molecule has 0 spiro atoms. The molecular formula is C56H34N4S. The van der Waals surface area contributed by atoms with E-state index in [4.69, 9.17) is 9.97 Å². The summed E-state index contributed by atoms with van der Waals surface area (Å²) in [5.41, 5.74) is 11.2. The van der Waals surface area contributed by atoms with E-state index in [1.165, 1.54) is 59.4 Å². The maximum absolute atomic E-state index is 5.50. The predicted molar refractivity (Wildman–Crippen MR) is 257 cm³/mol. The lowest BCUT2D eigenvalue weighted by Gasteiger charge is -2.12. The summed E-state index contributed by atoms with van der Waals surface area (Å²) >= 11 is 1.72. The first-order valence-electron chi connectivity index (χ1n) is 20.7. The summed E-state index contributed by atoms with van der Waals surface area (Å²) in [6.07, 6.45) is 0. The molecule has 0 aliphatic rings. The van der Waals surface area contributed by atoms with Crippen molar-refractivity contribution in [1.29, 1.82) is 0 Å². The van der Waals surface area contributed by atoms with Crippen LogP contribution < -0.4 is 0 Å². The standard InChI is InChI=1S/C56H34N4S/c1-4-17-37(18-5-1)50-34-47-52(38-19-6-2-7-20-38)57-56(58-55(47)61-50)60-48-31-29-39(33-46(48)44-30-27-36-16-11-13-24-42(36)53(44)60)43-25-14-26-45-51-41-23-12-10-15-35(41)28-32-49(51)59(54(43)45)40-21-8-3-9-22-40/h1-34H. The molecule has 0 aliphatic carbocycles. The summed E-state index contributed by atoms with van der Waals surface area (Å²) in [5, 5.41) is 10.7. The number of benzene rings is 9. The van der Waals surface area contributed by atoms with Gasteiger partial charge >= 0.3 is 0 Å². The maximum atomic E-state index is 5.50. The van der Waals surface area contributed by atoms with Gasteiger partial charge in [-0.3, -0.25) is 4.57 Å². The fourth-order valence-electron chi connectivity index (χ4n) is 9.64. The Hall–Kier alpha value is -7.86. The molecule has 284 valence electrons. The zero-order chi connectivity index (χ0) is 40.0. The van der Waals surface area contributed by atoms with E-state index in [1.54, 1.807) is 11.3 Å². The summed E-state index contributed by atoms with van der Waals surface area (Å²) < 4.78 is 4.75. The third-order valence-corrected chi connectivity index (χ3v) is 13.4. The Morgan fingerprint density at radius 3 is 1.84 bits per heavy atom. The van der Waals surface area contributed by atoms with Crippen LogP contribution >= 0.6 is 11.3 Å². The highest BCUT2D eigenvalue weighted by molar-refractivity contribution is 7.21. The van der Waals surface area contributed by atoms with Crippen molar-refractivity contribution in [1.82, 2.24) is 19.1 Å². The van der Waals surface area contributed by atoms with Gasteiger partial charge in [-0.05, 0) is 63.7 Å². The van der Waals surface area contributed by atoms with Gasteiger partial charge in [0.15, 0.2) is 0 Å². The highest BCUT2D eigenvalue weighted by Crippen LogP contribution is 2.44. The van der Waals surface area contributed by atoms with Crippen molar-refractivity contribution in [3.05, 3.63) is 206 Å². The van der Waals surface area contributed by atoms with Gasteiger partial charge in [-0.25, -0.2) is 9.97 Å². The normalized spacial score (nSPS) is 11.9. The number of fused-ring (bicyclic) bond motifs is 11. The van der Waals surface area contributed by atoms with Crippen LogP contribution in [0.2, 0.25) is 0 Å². The second-order valence-corrected chi connectivity index (χ2v) is 16.8. The van der Waals surface area contributed by atoms with Crippen molar-refractivity contribution in [3.8, 4) is 44.5 Å². The first-order chi connectivity index (χ1) is 30.3. The van der Waals surface area contributed by atoms with Crippen LogP contribution in [0, 0.1) is 0 Å². The third-order valence-electron chi connectivity index (χ3n) is 12.3. The SMILES string of the molecule is c1ccc(-c2cc3c(-c4ccccc4)nc(-n4c5ccc(-c6cccc7c8c9ccccc9ccc8n(-c8ccccc8)c67)cc5c5ccc6ccccc6c54)nc3s2)cc1. The van der Waals surface area contributed by atoms with E-state index < -0.39 is 0 Å². The van der Waals surface area contributed by atoms with E-state index in [0.717, 1.165) is 54.5 Å². The number of rotatable bonds is 5. The average Bonchev–Trinajstić information content (AvgIpc) is 4.02. The van der Waals surface area contributed by atoms with Crippen LogP contribution in [0.4, 0.5) is 0 Å². The molecule has 5 heteroatoms. The predicted octanol–water partition coefficient (Wildman–Crippen LogP) is 15.2. The van der Waals surface area contributed by atoms with Crippen LogP contribution in [0.1, 0.15) is 0 Å². The van der Waals surface area contributed by atoms with E-state index in [-0.39, 0.29) is 0 Å². The average molecular weight is 795 g/mol. The van der Waals surface area contributed by atoms with Crippen LogP contribution in [0.3, 0.4) is 0 Å². The quantitative estimate of drug-likeness (QED) is 0.174. The highest BCUT2D eigenvalue weighted by atomic mass is 32.1. The lowest BCUT2D eigenvalue weighted by atomic mass is 9.98. The fourth-order valence-corrected chi connectivity index (χ4v) is 10.7. The molecule has 0 amide bonds. The molecule has 9 aromatic carbocycles. The lowest BCUT2D eigenvalue weighted by molar-refractivity contribution is 1.02. The zero-order valence-corrected chi connectivity index (χ0v) is 33.6. The van der Waals surface area contributed by atoms with Crippen LogP contribution in [0.15, 0.2) is 206 Å². The van der Waals surface area contributed by atoms with Gasteiger partial charge in [-0.1, -0.05) is 170 Å². The first-order valence-corrected chi connectivity index (χ1v) is 21.5. The van der Waals surface area contributed by atoms with Gasteiger partial charge in [-0.2, -0.15) is 0 Å². The van der Waals surface area contributed by atoms with E-state index >= 15 is 0 Å². The number of hydrogen-bond donors (Lipinski definition) is 0. The molecule has 0 fully saturated rings. The molecule has 0 aliphatic heterocycles. The minimum Gasteiger partial charge on any atom is -0.309 e. The lowest BCUT2D eigenvalue weighted by Crippen LogP contribution is -2.03. The number of hydrogen-bond acceptors (Lipinski definition) is 3. The molecule has 4 heterocycles. The monoisotopic (exact) mass is 794 g/mol. The van der Waals surface area contributed by atoms with Crippen molar-refractivity contribution in [3.63, 3.8) is 0 Å². The molecule has 0 unspecified atom stereocenters. The summed E-state index contributed by atoms with van der Waals surface area (Å²) in [6.45, 7) is 0. The minimum absolute atomic E-state index is 0.662. The van der Waals surface area contributed by atoms with Gasteiger partial charge in [0.1, 0.15) is 4.83 Å². The highest BCUT2D eigenvalue weighted by Gasteiger charge is 2.23. The summed E-state index contributed by atoms with van der Waals surface area (Å²) in [7, 11) is 0. The molecule has 13 aromatic rings. The second-order valence-electron chi connectivity index (χ2n) is 15.7. The van der Waals surface area contributed by atoms with E-state index in [0.29, 0.717) is 5.95 Å². The van der Waals surface area contributed by atoms with Crippen LogP contribution in [-0.4, -0.2) is 19.1 Å². The van der Waals surface area contributed by atoms with E-state index in [2.05, 4.69) is 215 Å². The summed E-state index contributed by atoms with van der Waals surface area (Å²) in [5.74, 6) is 0.662. The topological polar surface area (TPSA) is 35.6 Å². The molecule has 13 rings (SSSR count). The van der Waals surface area contributed by atoms with Gasteiger partial charge < -0.3 is 4.57 Å². The van der Waals surface area contributed by atoms with Crippen molar-refractivity contribution in [2.24, 2.45) is 0 Å². The summed E-state index contributed by atoms with van der Waals surface area (Å²) in [4.78, 5) is 13.1. The molecule has 0 atom stereocenters. The van der Waals surface area contributed by atoms with Gasteiger partial charge in [0, 0.05) is 54.0 Å². The molecule has 0 saturated carbocycles. The Kier molecular flexibility index (Phi) is 7.44. The van der Waals surface area contributed by atoms with Gasteiger partial charge in [0.2, 0.25) is 5.95 Å². The molecule has 0 bridgehead atoms. The molecule has 0 radical (unpaired) electrons. The molecule has 0 saturated heterocycles. The minimum atomic E-state index is 0.662. The fraction of sp³-hybridized carbons (Fsp3) is 0. The van der Waals surface area contributed by atoms with Crippen LogP contribution in [-0.2, 0) is 0 Å². The number of nitrogens with zero attached hydrogens (tertiary/aromatic N) is 4. The molecular weight excluding hydrogens is 761 g/mol. The molecule has 4 nitrogen and oxygen atoms in total. The largest absolute Gasteiger partial charge is 0.309 e. The third kappa shape index (κ3) is 5.18. The molecule has 61 heavy (non-hydrogen) atoms. The number of para-hydroxylation sites is 2. The molecule has 0 N–H and O–H groups in total.